The fourth-order valence-corrected chi connectivity index (χ4v) is 2.53. The highest BCUT2D eigenvalue weighted by molar-refractivity contribution is 5.92. The Hall–Kier alpha value is -2.35. The van der Waals surface area contributed by atoms with Crippen LogP contribution in [0.2, 0.25) is 0 Å². The zero-order valence-electron chi connectivity index (χ0n) is 11.8. The number of ether oxygens (including phenoxy) is 1. The standard InChI is InChI=1S/C16H17N3O2/c1-2-3-9-16(18-19-16)10-7-15(20)17-13-5-4-6-14-12(13)8-11-21-14/h1,4-6H,3,7-11H2,(H,17,20). The number of nitrogens with zero attached hydrogens (tertiary/aromatic N) is 2. The number of fused-ring (bicyclic) bond motifs is 1. The molecule has 2 heterocycles. The molecule has 1 aromatic carbocycles. The third kappa shape index (κ3) is 3.05. The second-order valence-electron chi connectivity index (χ2n) is 5.32. The molecule has 0 spiro atoms. The number of carbonyl (C=O) groups is 1. The van der Waals surface area contributed by atoms with Crippen LogP contribution in [0.5, 0.6) is 5.75 Å². The van der Waals surface area contributed by atoms with Crippen LogP contribution in [-0.2, 0) is 11.2 Å². The summed E-state index contributed by atoms with van der Waals surface area (Å²) >= 11 is 0. The number of anilines is 1. The summed E-state index contributed by atoms with van der Waals surface area (Å²) < 4.78 is 5.49. The lowest BCUT2D eigenvalue weighted by Crippen LogP contribution is -2.18. The number of terminal acetylenes is 1. The van der Waals surface area contributed by atoms with E-state index in [-0.39, 0.29) is 5.91 Å². The first-order valence-corrected chi connectivity index (χ1v) is 7.14. The van der Waals surface area contributed by atoms with Crippen LogP contribution < -0.4 is 10.1 Å². The highest BCUT2D eigenvalue weighted by Gasteiger charge is 2.39. The van der Waals surface area contributed by atoms with Crippen LogP contribution in [0.1, 0.15) is 31.2 Å². The molecule has 0 aliphatic carbocycles. The zero-order valence-corrected chi connectivity index (χ0v) is 11.8. The van der Waals surface area contributed by atoms with Gasteiger partial charge < -0.3 is 10.1 Å². The lowest BCUT2D eigenvalue weighted by atomic mass is 10.0. The van der Waals surface area contributed by atoms with Crippen molar-refractivity contribution in [3.8, 4) is 18.1 Å². The largest absolute Gasteiger partial charge is 0.493 e. The molecule has 0 saturated heterocycles. The maximum absolute atomic E-state index is 12.1. The molecule has 2 aliphatic heterocycles. The molecule has 0 fully saturated rings. The van der Waals surface area contributed by atoms with E-state index in [0.717, 1.165) is 29.8 Å². The van der Waals surface area contributed by atoms with Crippen molar-refractivity contribution < 1.29 is 9.53 Å². The molecule has 5 nitrogen and oxygen atoms in total. The van der Waals surface area contributed by atoms with Gasteiger partial charge in [-0.3, -0.25) is 4.79 Å². The van der Waals surface area contributed by atoms with Gasteiger partial charge in [0, 0.05) is 43.4 Å². The minimum Gasteiger partial charge on any atom is -0.493 e. The Kier molecular flexibility index (Phi) is 3.61. The van der Waals surface area contributed by atoms with Crippen molar-refractivity contribution in [1.29, 1.82) is 0 Å². The molecule has 5 heteroatoms. The first kappa shape index (κ1) is 13.6. The van der Waals surface area contributed by atoms with Gasteiger partial charge in [-0.1, -0.05) is 6.07 Å². The molecule has 0 bridgehead atoms. The molecule has 1 amide bonds. The third-order valence-electron chi connectivity index (χ3n) is 3.82. The fraction of sp³-hybridized carbons (Fsp3) is 0.438. The average Bonchev–Trinajstić information content (AvgIpc) is 3.09. The summed E-state index contributed by atoms with van der Waals surface area (Å²) in [7, 11) is 0. The quantitative estimate of drug-likeness (QED) is 0.816. The highest BCUT2D eigenvalue weighted by atomic mass is 16.5. The smallest absolute Gasteiger partial charge is 0.224 e. The van der Waals surface area contributed by atoms with E-state index < -0.39 is 5.66 Å². The van der Waals surface area contributed by atoms with E-state index >= 15 is 0 Å². The Morgan fingerprint density at radius 2 is 2.29 bits per heavy atom. The summed E-state index contributed by atoms with van der Waals surface area (Å²) in [4.78, 5) is 12.1. The Morgan fingerprint density at radius 1 is 1.43 bits per heavy atom. The van der Waals surface area contributed by atoms with Crippen LogP contribution in [0.4, 0.5) is 5.69 Å². The molecule has 0 aromatic heterocycles. The normalized spacial score (nSPS) is 16.7. The number of benzene rings is 1. The van der Waals surface area contributed by atoms with E-state index in [1.165, 1.54) is 0 Å². The second-order valence-corrected chi connectivity index (χ2v) is 5.32. The van der Waals surface area contributed by atoms with Gasteiger partial charge >= 0.3 is 0 Å². The second kappa shape index (κ2) is 5.57. The van der Waals surface area contributed by atoms with Gasteiger partial charge in [0.2, 0.25) is 5.91 Å². The Bertz CT molecular complexity index is 625. The predicted molar refractivity (Wildman–Crippen MR) is 79.2 cm³/mol. The van der Waals surface area contributed by atoms with Gasteiger partial charge in [-0.25, -0.2) is 0 Å². The molecule has 2 aliphatic rings. The maximum Gasteiger partial charge on any atom is 0.224 e. The molecule has 1 aromatic rings. The van der Waals surface area contributed by atoms with E-state index in [4.69, 9.17) is 11.2 Å². The summed E-state index contributed by atoms with van der Waals surface area (Å²) in [5.41, 5.74) is 1.52. The number of nitrogens with one attached hydrogen (secondary N) is 1. The maximum atomic E-state index is 12.1. The van der Waals surface area contributed by atoms with E-state index in [2.05, 4.69) is 21.5 Å². The minimum absolute atomic E-state index is 0.0207. The third-order valence-corrected chi connectivity index (χ3v) is 3.82. The van der Waals surface area contributed by atoms with Crippen molar-refractivity contribution in [2.24, 2.45) is 10.2 Å². The van der Waals surface area contributed by atoms with E-state index in [1.807, 2.05) is 18.2 Å². The van der Waals surface area contributed by atoms with Gasteiger partial charge in [-0.05, 0) is 12.1 Å². The SMILES string of the molecule is C#CCCC1(CCC(=O)Nc2cccc3c2CCO3)N=N1. The summed E-state index contributed by atoms with van der Waals surface area (Å²) in [5, 5.41) is 11.0. The van der Waals surface area contributed by atoms with Crippen LogP contribution in [0.15, 0.2) is 28.4 Å². The van der Waals surface area contributed by atoms with Crippen molar-refractivity contribution in [1.82, 2.24) is 0 Å². The van der Waals surface area contributed by atoms with Gasteiger partial charge in [-0.2, -0.15) is 10.2 Å². The number of amides is 1. The van der Waals surface area contributed by atoms with Gasteiger partial charge in [-0.15, -0.1) is 12.3 Å². The van der Waals surface area contributed by atoms with Crippen LogP contribution in [0.25, 0.3) is 0 Å². The topological polar surface area (TPSA) is 63.0 Å². The van der Waals surface area contributed by atoms with Crippen LogP contribution >= 0.6 is 0 Å². The van der Waals surface area contributed by atoms with Crippen molar-refractivity contribution in [2.75, 3.05) is 11.9 Å². The van der Waals surface area contributed by atoms with Gasteiger partial charge in [0.05, 0.1) is 6.61 Å². The fourth-order valence-electron chi connectivity index (χ4n) is 2.53. The predicted octanol–water partition coefficient (Wildman–Crippen LogP) is 2.92. The molecule has 3 rings (SSSR count). The zero-order chi connectivity index (χ0) is 14.7. The minimum atomic E-state index is -0.397. The van der Waals surface area contributed by atoms with E-state index in [0.29, 0.717) is 25.9 Å². The summed E-state index contributed by atoms with van der Waals surface area (Å²) in [6.07, 6.45) is 8.46. The van der Waals surface area contributed by atoms with Crippen LogP contribution in [-0.4, -0.2) is 18.2 Å². The van der Waals surface area contributed by atoms with Crippen LogP contribution in [0.3, 0.4) is 0 Å². The number of hydrogen-bond acceptors (Lipinski definition) is 4. The molecule has 108 valence electrons. The molecule has 0 atom stereocenters. The van der Waals surface area contributed by atoms with Crippen molar-refractivity contribution in [2.45, 2.75) is 37.8 Å². The van der Waals surface area contributed by atoms with Crippen molar-refractivity contribution in [3.05, 3.63) is 23.8 Å². The molecular formula is C16H17N3O2. The van der Waals surface area contributed by atoms with Gasteiger partial charge in [0.1, 0.15) is 5.75 Å². The summed E-state index contributed by atoms with van der Waals surface area (Å²) in [6.45, 7) is 0.676. The van der Waals surface area contributed by atoms with Crippen molar-refractivity contribution in [3.63, 3.8) is 0 Å². The van der Waals surface area contributed by atoms with E-state index in [9.17, 15) is 4.79 Å². The van der Waals surface area contributed by atoms with Crippen LogP contribution in [0, 0.1) is 12.3 Å². The molecule has 0 radical (unpaired) electrons. The Morgan fingerprint density at radius 3 is 3.05 bits per heavy atom. The Labute approximate surface area is 123 Å². The summed E-state index contributed by atoms with van der Waals surface area (Å²) in [5.74, 6) is 3.43. The van der Waals surface area contributed by atoms with Gasteiger partial charge in [0.25, 0.3) is 0 Å². The first-order chi connectivity index (χ1) is 10.2. The lowest BCUT2D eigenvalue weighted by molar-refractivity contribution is -0.116. The van der Waals surface area contributed by atoms with Crippen molar-refractivity contribution >= 4 is 11.6 Å². The highest BCUT2D eigenvalue weighted by Crippen LogP contribution is 2.38. The lowest BCUT2D eigenvalue weighted by Gasteiger charge is -2.11. The average molecular weight is 283 g/mol. The summed E-state index contributed by atoms with van der Waals surface area (Å²) in [6, 6.07) is 5.72. The van der Waals surface area contributed by atoms with E-state index in [1.54, 1.807) is 0 Å². The number of carbonyl (C=O) groups excluding carboxylic acids is 1. The van der Waals surface area contributed by atoms with Gasteiger partial charge in [0.15, 0.2) is 5.66 Å². The monoisotopic (exact) mass is 283 g/mol. The molecule has 21 heavy (non-hydrogen) atoms. The molecule has 0 unspecified atom stereocenters. The molecule has 0 saturated carbocycles. The number of hydrogen-bond donors (Lipinski definition) is 1. The Balaban J connectivity index is 1.54. The molecular weight excluding hydrogens is 266 g/mol. The first-order valence-electron chi connectivity index (χ1n) is 7.14. The number of rotatable bonds is 6. The molecule has 1 N–H and O–H groups in total.